The van der Waals surface area contributed by atoms with E-state index in [0.717, 1.165) is 0 Å². The number of likely N-dealkylation sites (tertiary alicyclic amines) is 2. The quantitative estimate of drug-likeness (QED) is 0.0225. The number of nitrogens with zero attached hydrogens (tertiary/aromatic N) is 3. The van der Waals surface area contributed by atoms with Crippen molar-refractivity contribution in [1.82, 2.24) is 47.0 Å². The number of carbonyl (C=O) groups excluding carboxylic acids is 9. The number of aromatic hydroxyl groups is 2. The lowest BCUT2D eigenvalue weighted by atomic mass is 9.69. The molecule has 3 saturated heterocycles. The van der Waals surface area contributed by atoms with Crippen LogP contribution >= 0.6 is 12.2 Å². The number of amides is 8. The topological polar surface area (TPSA) is 493 Å². The number of hydrogen-bond acceptors (Lipinski definition) is 18. The van der Waals surface area contributed by atoms with Gasteiger partial charge >= 0.3 is 5.97 Å². The van der Waals surface area contributed by atoms with E-state index in [0.29, 0.717) is 92.4 Å². The van der Waals surface area contributed by atoms with Crippen LogP contribution in [0.25, 0.3) is 0 Å². The standard InChI is InChI=1S/C75H102N16O15S/c1-38(2)33-53(71(103)104)86-68(100)61(74(3,4)5)89-63(95)52(34-39-12-19-44(92)20-13-39)85-64(96)54-10-7-31-90(54)69(101)51(9-6-28-82-72(78)79)84-66(98)58(40-14-16-42(17-15-40)62(76)77)87-65(97)55-11-8-32-91(55)70(102)59(41-26-29-81-30-27-41)88-67(99)60-47-35-43(83-73(80)107)18-23-48(47)75(106-60)49-24-21-45(93)36-56(49)105-57-37-46(94)22-25-50(57)75/h12-13,18-25,35-36,38,40-42,50-55,57-61,81,92-93H,6-11,14-17,26-34,37H2,1-5H3,(H3,76,77)(H,84,98)(H,85,96)(H,86,100)(H,87,97)(H,88,99)(H,89,95)(H,103,104)(H4,78,79,82)(H3,80,83,107)/t40?,42?,50?,51?,52?,53?,54?,55?,57?,58?,59-,60?,61?,75?/m0/s1. The van der Waals surface area contributed by atoms with Crippen LogP contribution in [0.3, 0.4) is 0 Å². The molecule has 31 nitrogen and oxygen atoms in total. The van der Waals surface area contributed by atoms with Crippen LogP contribution in [0, 0.1) is 40.4 Å². The molecule has 0 aromatic heterocycles. The number of ketones is 1. The molecule has 32 heteroatoms. The number of amidine groups is 1. The Hall–Kier alpha value is -9.95. The monoisotopic (exact) mass is 1500 g/mol. The van der Waals surface area contributed by atoms with Crippen molar-refractivity contribution in [3.63, 3.8) is 0 Å². The molecule has 1 saturated carbocycles. The third-order valence-corrected chi connectivity index (χ3v) is 21.7. The van der Waals surface area contributed by atoms with Crippen LogP contribution < -0.4 is 70.2 Å². The first-order valence-corrected chi connectivity index (χ1v) is 37.4. The number of carboxylic acids is 1. The highest BCUT2D eigenvalue weighted by atomic mass is 32.1. The van der Waals surface area contributed by atoms with Gasteiger partial charge in [-0.3, -0.25) is 53.6 Å². The van der Waals surface area contributed by atoms with Crippen molar-refractivity contribution >= 4 is 93.8 Å². The number of nitrogens with one attached hydrogen (secondary N) is 9. The van der Waals surface area contributed by atoms with Gasteiger partial charge in [0.2, 0.25) is 41.4 Å². The van der Waals surface area contributed by atoms with E-state index in [1.807, 2.05) is 0 Å². The van der Waals surface area contributed by atoms with Crippen molar-refractivity contribution in [3.8, 4) is 17.2 Å². The number of ether oxygens (including phenoxy) is 2. The molecule has 20 N–H and O–H groups in total. The van der Waals surface area contributed by atoms with E-state index in [1.165, 1.54) is 40.1 Å². The maximum atomic E-state index is 15.7. The highest BCUT2D eigenvalue weighted by molar-refractivity contribution is 7.80. The predicted octanol–water partition coefficient (Wildman–Crippen LogP) is 2.08. The number of hydrogen-bond donors (Lipinski definition) is 16. The normalized spacial score (nSPS) is 24.1. The fourth-order valence-corrected chi connectivity index (χ4v) is 16.3. The van der Waals surface area contributed by atoms with E-state index in [-0.39, 0.29) is 116 Å². The summed E-state index contributed by atoms with van der Waals surface area (Å²) in [7, 11) is 0. The van der Waals surface area contributed by atoms with Gasteiger partial charge in [0.05, 0.1) is 11.8 Å². The van der Waals surface area contributed by atoms with Crippen molar-refractivity contribution < 1.29 is 72.7 Å². The van der Waals surface area contributed by atoms with Crippen LogP contribution in [-0.2, 0) is 64.7 Å². The zero-order valence-electron chi connectivity index (χ0n) is 61.0. The molecule has 2 aliphatic carbocycles. The summed E-state index contributed by atoms with van der Waals surface area (Å²) in [5, 5.41) is 62.6. The lowest BCUT2D eigenvalue weighted by Gasteiger charge is -2.46. The number of fused-ring (bicyclic) bond motifs is 6. The van der Waals surface area contributed by atoms with Gasteiger partial charge in [-0.2, -0.15) is 0 Å². The van der Waals surface area contributed by atoms with Crippen LogP contribution in [-0.4, -0.2) is 188 Å². The lowest BCUT2D eigenvalue weighted by Crippen LogP contribution is -2.62. The first kappa shape index (κ1) is 79.6. The Morgan fingerprint density at radius 1 is 0.710 bits per heavy atom. The van der Waals surface area contributed by atoms with E-state index in [2.05, 4.69) is 47.5 Å². The second-order valence-electron chi connectivity index (χ2n) is 30.7. The van der Waals surface area contributed by atoms with Crippen LogP contribution in [0.1, 0.15) is 153 Å². The number of aliphatic carboxylic acids is 1. The van der Waals surface area contributed by atoms with Gasteiger partial charge in [-0.05, 0) is 191 Å². The summed E-state index contributed by atoms with van der Waals surface area (Å²) in [5.41, 5.74) is 23.4. The van der Waals surface area contributed by atoms with Crippen molar-refractivity contribution in [2.45, 2.75) is 197 Å². The van der Waals surface area contributed by atoms with Gasteiger partial charge in [0.25, 0.3) is 5.91 Å². The van der Waals surface area contributed by atoms with Gasteiger partial charge in [0.1, 0.15) is 77.3 Å². The predicted molar refractivity (Wildman–Crippen MR) is 399 cm³/mol. The summed E-state index contributed by atoms with van der Waals surface area (Å²) in [5.74, 6) is -9.35. The summed E-state index contributed by atoms with van der Waals surface area (Å²) in [6.07, 6.45) is 4.35. The van der Waals surface area contributed by atoms with E-state index < -0.39 is 143 Å². The van der Waals surface area contributed by atoms with Gasteiger partial charge in [0, 0.05) is 55.7 Å². The van der Waals surface area contributed by atoms with Gasteiger partial charge in [0.15, 0.2) is 23.0 Å². The third-order valence-electron chi connectivity index (χ3n) is 21.6. The minimum atomic E-state index is -1.47. The number of guanidine groups is 1. The molecule has 0 radical (unpaired) electrons. The Labute approximate surface area is 626 Å². The largest absolute Gasteiger partial charge is 0.508 e. The average Bonchev–Trinajstić information content (AvgIpc) is 1.59. The number of carboxylic acid groups (broad SMARTS) is 1. The Morgan fingerprint density at radius 2 is 1.33 bits per heavy atom. The van der Waals surface area contributed by atoms with Gasteiger partial charge in [-0.1, -0.05) is 58.9 Å². The molecule has 5 heterocycles. The van der Waals surface area contributed by atoms with Gasteiger partial charge < -0.3 is 100 Å². The van der Waals surface area contributed by atoms with E-state index in [4.69, 9.17) is 50.0 Å². The molecule has 12 atom stereocenters. The van der Waals surface area contributed by atoms with Gasteiger partial charge in [-0.25, -0.2) is 4.79 Å². The summed E-state index contributed by atoms with van der Waals surface area (Å²) in [6.45, 7) is 9.87. The molecular weight excluding hydrogens is 1400 g/mol. The smallest absolute Gasteiger partial charge is 0.326 e. The molecule has 11 unspecified atom stereocenters. The molecule has 7 aliphatic rings. The zero-order chi connectivity index (χ0) is 77.3. The Kier molecular flexibility index (Phi) is 25.5. The number of rotatable bonds is 27. The van der Waals surface area contributed by atoms with Crippen molar-refractivity contribution in [2.24, 2.45) is 62.9 Å². The fourth-order valence-electron chi connectivity index (χ4n) is 16.2. The number of allylic oxidation sites excluding steroid dienone is 1. The summed E-state index contributed by atoms with van der Waals surface area (Å²) in [4.78, 5) is 153. The molecule has 3 aromatic rings. The minimum Gasteiger partial charge on any atom is -0.508 e. The highest BCUT2D eigenvalue weighted by Gasteiger charge is 2.60. The van der Waals surface area contributed by atoms with Crippen molar-refractivity contribution in [1.29, 1.82) is 5.41 Å². The van der Waals surface area contributed by atoms with Gasteiger partial charge in [-0.15, -0.1) is 0 Å². The number of phenols is 2. The van der Waals surface area contributed by atoms with E-state index >= 15 is 24.0 Å². The third kappa shape index (κ3) is 18.7. The number of thiocarbonyl (C=S) groups is 1. The molecular formula is C75H102N16O15S. The number of benzene rings is 3. The SMILES string of the molecule is CC(C)CC(NC(=O)C(NC(=O)C(Cc1ccc(O)cc1)NC(=O)C1CCCN1C(=O)C(CCCN=C(N)N)NC(=O)C(NC(=O)C1CCCN1C(=O)[C@@H](NC(=O)C1OC2(c3ccc(O)cc3OC3CC(=O)C=CC32)c2ccc(NC(N)=S)cc21)C1CCNCC1)C1CCC(C(=N)N)CC1)C(C)(C)C)C(=O)O. The number of aliphatic imine (C=N–C) groups is 1. The molecule has 0 bridgehead atoms. The van der Waals surface area contributed by atoms with Crippen LogP contribution in [0.15, 0.2) is 77.8 Å². The maximum Gasteiger partial charge on any atom is 0.326 e. The first-order chi connectivity index (χ1) is 50.8. The Morgan fingerprint density at radius 3 is 1.95 bits per heavy atom. The Bertz CT molecular complexity index is 3940. The van der Waals surface area contributed by atoms with Crippen molar-refractivity contribution in [3.05, 3.63) is 95.1 Å². The molecule has 8 amide bonds. The number of nitrogens with two attached hydrogens (primary N) is 4. The van der Waals surface area contributed by atoms with E-state index in [9.17, 15) is 39.3 Å². The molecule has 107 heavy (non-hydrogen) atoms. The molecule has 4 fully saturated rings. The second kappa shape index (κ2) is 34.3. The second-order valence-corrected chi connectivity index (χ2v) is 31.1. The summed E-state index contributed by atoms with van der Waals surface area (Å²) in [6, 6.07) is 5.45. The molecule has 10 rings (SSSR count). The maximum absolute atomic E-state index is 15.7. The number of anilines is 1. The molecule has 5 aliphatic heterocycles. The van der Waals surface area contributed by atoms with Crippen LogP contribution in [0.2, 0.25) is 0 Å². The van der Waals surface area contributed by atoms with Crippen LogP contribution in [0.4, 0.5) is 5.69 Å². The lowest BCUT2D eigenvalue weighted by molar-refractivity contribution is -0.155. The molecule has 3 aromatic carbocycles. The Balaban J connectivity index is 0.905. The molecule has 578 valence electrons. The number of piperidine rings is 1. The number of carbonyl (C=O) groups is 10. The summed E-state index contributed by atoms with van der Waals surface area (Å²) >= 11 is 5.23. The van der Waals surface area contributed by atoms with Crippen LogP contribution in [0.5, 0.6) is 17.2 Å². The zero-order valence-corrected chi connectivity index (χ0v) is 61.8. The van der Waals surface area contributed by atoms with E-state index in [1.54, 1.807) is 77.1 Å². The molecule has 1 spiro atoms. The van der Waals surface area contributed by atoms with Crippen molar-refractivity contribution in [2.75, 3.05) is 38.0 Å². The fraction of sp³-hybridized carbons (Fsp3) is 0.560. The minimum absolute atomic E-state index is 0.0232. The average molecular weight is 1500 g/mol. The summed E-state index contributed by atoms with van der Waals surface area (Å²) < 4.78 is 13.6. The number of phenolic OH excluding ortho intramolecular Hbond substituents is 2. The first-order valence-electron chi connectivity index (χ1n) is 37.0. The highest BCUT2D eigenvalue weighted by Crippen LogP contribution is 2.59.